The fourth-order valence-electron chi connectivity index (χ4n) is 3.03. The SMILES string of the molecule is C[C@@H](c1ccc(-n2cncn2)cc1)N(C)C(=O)c1cc2ccccc2[nH]1. The number of amides is 1. The number of benzene rings is 2. The molecule has 1 amide bonds. The van der Waals surface area contributed by atoms with Gasteiger partial charge in [0.15, 0.2) is 0 Å². The molecule has 130 valence electrons. The molecule has 1 N–H and O–H groups in total. The summed E-state index contributed by atoms with van der Waals surface area (Å²) in [6.07, 6.45) is 3.16. The van der Waals surface area contributed by atoms with Crippen LogP contribution in [0, 0.1) is 0 Å². The minimum absolute atomic E-state index is 0.0333. The number of aromatic nitrogens is 4. The second kappa shape index (κ2) is 6.48. The molecule has 6 nitrogen and oxygen atoms in total. The molecule has 4 rings (SSSR count). The molecule has 0 spiro atoms. The summed E-state index contributed by atoms with van der Waals surface area (Å²) >= 11 is 0. The lowest BCUT2D eigenvalue weighted by Gasteiger charge is -2.25. The average Bonchev–Trinajstić information content (AvgIpc) is 3.36. The summed E-state index contributed by atoms with van der Waals surface area (Å²) < 4.78 is 1.70. The van der Waals surface area contributed by atoms with E-state index in [1.807, 2.05) is 68.6 Å². The van der Waals surface area contributed by atoms with Crippen LogP contribution in [0.2, 0.25) is 0 Å². The Labute approximate surface area is 151 Å². The van der Waals surface area contributed by atoms with Gasteiger partial charge in [-0.25, -0.2) is 9.67 Å². The molecule has 0 unspecified atom stereocenters. The molecule has 0 bridgehead atoms. The fraction of sp³-hybridized carbons (Fsp3) is 0.150. The Morgan fingerprint density at radius 2 is 1.92 bits per heavy atom. The minimum Gasteiger partial charge on any atom is -0.351 e. The van der Waals surface area contributed by atoms with Gasteiger partial charge in [0.2, 0.25) is 0 Å². The zero-order chi connectivity index (χ0) is 18.1. The first-order chi connectivity index (χ1) is 12.6. The number of para-hydroxylation sites is 1. The van der Waals surface area contributed by atoms with Gasteiger partial charge in [-0.2, -0.15) is 5.10 Å². The van der Waals surface area contributed by atoms with Gasteiger partial charge in [0, 0.05) is 18.0 Å². The highest BCUT2D eigenvalue weighted by Crippen LogP contribution is 2.23. The van der Waals surface area contributed by atoms with E-state index in [1.54, 1.807) is 15.9 Å². The van der Waals surface area contributed by atoms with Gasteiger partial charge in [-0.3, -0.25) is 4.79 Å². The van der Waals surface area contributed by atoms with E-state index in [1.165, 1.54) is 6.33 Å². The quantitative estimate of drug-likeness (QED) is 0.615. The van der Waals surface area contributed by atoms with Crippen molar-refractivity contribution >= 4 is 16.8 Å². The largest absolute Gasteiger partial charge is 0.351 e. The van der Waals surface area contributed by atoms with Crippen LogP contribution < -0.4 is 0 Å². The highest BCUT2D eigenvalue weighted by Gasteiger charge is 2.20. The molecule has 2 aromatic heterocycles. The summed E-state index contributed by atoms with van der Waals surface area (Å²) in [5.41, 5.74) is 3.55. The van der Waals surface area contributed by atoms with Gasteiger partial charge in [0.05, 0.1) is 11.7 Å². The summed E-state index contributed by atoms with van der Waals surface area (Å²) in [6.45, 7) is 2.02. The average molecular weight is 345 g/mol. The van der Waals surface area contributed by atoms with Gasteiger partial charge < -0.3 is 9.88 Å². The van der Waals surface area contributed by atoms with Crippen molar-refractivity contribution in [3.05, 3.63) is 78.5 Å². The number of carbonyl (C=O) groups is 1. The van der Waals surface area contributed by atoms with Crippen LogP contribution in [0.1, 0.15) is 29.0 Å². The van der Waals surface area contributed by atoms with Crippen molar-refractivity contribution in [3.63, 3.8) is 0 Å². The van der Waals surface area contributed by atoms with E-state index >= 15 is 0 Å². The number of nitrogens with zero attached hydrogens (tertiary/aromatic N) is 4. The Balaban J connectivity index is 1.55. The van der Waals surface area contributed by atoms with E-state index in [0.29, 0.717) is 5.69 Å². The van der Waals surface area contributed by atoms with Crippen LogP contribution in [0.15, 0.2) is 67.3 Å². The summed E-state index contributed by atoms with van der Waals surface area (Å²) in [6, 6.07) is 17.7. The van der Waals surface area contributed by atoms with Crippen LogP contribution in [0.3, 0.4) is 0 Å². The van der Waals surface area contributed by atoms with Crippen LogP contribution in [-0.4, -0.2) is 37.6 Å². The van der Waals surface area contributed by atoms with Gasteiger partial charge in [-0.15, -0.1) is 0 Å². The number of hydrogen-bond acceptors (Lipinski definition) is 3. The Bertz CT molecular complexity index is 1000. The van der Waals surface area contributed by atoms with Gasteiger partial charge in [0.1, 0.15) is 18.3 Å². The summed E-state index contributed by atoms with van der Waals surface area (Å²) in [4.78, 5) is 21.8. The van der Waals surface area contributed by atoms with Gasteiger partial charge >= 0.3 is 0 Å². The predicted molar refractivity (Wildman–Crippen MR) is 100 cm³/mol. The number of hydrogen-bond donors (Lipinski definition) is 1. The second-order valence-electron chi connectivity index (χ2n) is 6.29. The molecule has 2 aromatic carbocycles. The zero-order valence-corrected chi connectivity index (χ0v) is 14.6. The maximum Gasteiger partial charge on any atom is 0.270 e. The lowest BCUT2D eigenvalue weighted by Crippen LogP contribution is -2.29. The van der Waals surface area contributed by atoms with Gasteiger partial charge in [-0.05, 0) is 36.8 Å². The molecule has 6 heteroatoms. The number of aromatic amines is 1. The first-order valence-corrected chi connectivity index (χ1v) is 8.43. The minimum atomic E-state index is -0.0568. The van der Waals surface area contributed by atoms with E-state index in [-0.39, 0.29) is 11.9 Å². The third-order valence-electron chi connectivity index (χ3n) is 4.72. The number of rotatable bonds is 4. The molecule has 0 aliphatic heterocycles. The van der Waals surface area contributed by atoms with E-state index in [0.717, 1.165) is 22.2 Å². The topological polar surface area (TPSA) is 66.8 Å². The van der Waals surface area contributed by atoms with E-state index in [2.05, 4.69) is 15.1 Å². The molecular weight excluding hydrogens is 326 g/mol. The van der Waals surface area contributed by atoms with Crippen molar-refractivity contribution in [2.75, 3.05) is 7.05 Å². The lowest BCUT2D eigenvalue weighted by molar-refractivity contribution is 0.0737. The van der Waals surface area contributed by atoms with Crippen molar-refractivity contribution in [2.24, 2.45) is 0 Å². The predicted octanol–water partition coefficient (Wildman–Crippen LogP) is 3.58. The number of nitrogens with one attached hydrogen (secondary N) is 1. The zero-order valence-electron chi connectivity index (χ0n) is 14.6. The molecule has 2 heterocycles. The number of fused-ring (bicyclic) bond motifs is 1. The van der Waals surface area contributed by atoms with Crippen molar-refractivity contribution in [3.8, 4) is 5.69 Å². The first-order valence-electron chi connectivity index (χ1n) is 8.43. The van der Waals surface area contributed by atoms with Gasteiger partial charge in [-0.1, -0.05) is 30.3 Å². The standard InChI is InChI=1S/C20H19N5O/c1-14(15-7-9-17(10-8-15)25-13-21-12-22-25)24(2)20(26)19-11-16-5-3-4-6-18(16)23-19/h3-14,23H,1-2H3/t14-/m0/s1. The summed E-state index contributed by atoms with van der Waals surface area (Å²) in [7, 11) is 1.82. The maximum atomic E-state index is 12.9. The summed E-state index contributed by atoms with van der Waals surface area (Å²) in [5, 5.41) is 5.16. The fourth-order valence-corrected chi connectivity index (χ4v) is 3.03. The Morgan fingerprint density at radius 3 is 2.62 bits per heavy atom. The molecule has 26 heavy (non-hydrogen) atoms. The van der Waals surface area contributed by atoms with Crippen molar-refractivity contribution in [2.45, 2.75) is 13.0 Å². The normalized spacial score (nSPS) is 12.2. The third kappa shape index (κ3) is 2.86. The molecule has 0 aliphatic rings. The molecule has 4 aromatic rings. The van der Waals surface area contributed by atoms with E-state index in [4.69, 9.17) is 0 Å². The monoisotopic (exact) mass is 345 g/mol. The highest BCUT2D eigenvalue weighted by molar-refractivity contribution is 5.98. The highest BCUT2D eigenvalue weighted by atomic mass is 16.2. The second-order valence-corrected chi connectivity index (χ2v) is 6.29. The molecule has 0 saturated carbocycles. The van der Waals surface area contributed by atoms with E-state index < -0.39 is 0 Å². The van der Waals surface area contributed by atoms with E-state index in [9.17, 15) is 4.79 Å². The van der Waals surface area contributed by atoms with Crippen LogP contribution >= 0.6 is 0 Å². The Kier molecular flexibility index (Phi) is 4.01. The van der Waals surface area contributed by atoms with Crippen LogP contribution in [0.5, 0.6) is 0 Å². The number of H-pyrrole nitrogens is 1. The molecular formula is C20H19N5O. The van der Waals surface area contributed by atoms with Gasteiger partial charge in [0.25, 0.3) is 5.91 Å². The first kappa shape index (κ1) is 16.1. The van der Waals surface area contributed by atoms with Crippen LogP contribution in [0.4, 0.5) is 0 Å². The summed E-state index contributed by atoms with van der Waals surface area (Å²) in [5.74, 6) is -0.0333. The van der Waals surface area contributed by atoms with Crippen molar-refractivity contribution in [1.29, 1.82) is 0 Å². The molecule has 1 atom stereocenters. The number of carbonyl (C=O) groups excluding carboxylic acids is 1. The Hall–Kier alpha value is -3.41. The lowest BCUT2D eigenvalue weighted by atomic mass is 10.1. The molecule has 0 aliphatic carbocycles. The molecule has 0 radical (unpaired) electrons. The van der Waals surface area contributed by atoms with Crippen LogP contribution in [0.25, 0.3) is 16.6 Å². The van der Waals surface area contributed by atoms with Crippen molar-refractivity contribution in [1.82, 2.24) is 24.6 Å². The molecule has 0 fully saturated rings. The smallest absolute Gasteiger partial charge is 0.270 e. The third-order valence-corrected chi connectivity index (χ3v) is 4.72. The Morgan fingerprint density at radius 1 is 1.15 bits per heavy atom. The molecule has 0 saturated heterocycles. The van der Waals surface area contributed by atoms with Crippen molar-refractivity contribution < 1.29 is 4.79 Å². The van der Waals surface area contributed by atoms with Crippen LogP contribution in [-0.2, 0) is 0 Å². The maximum absolute atomic E-state index is 12.9.